The van der Waals surface area contributed by atoms with Crippen LogP contribution in [0.25, 0.3) is 16.3 Å². The lowest BCUT2D eigenvalue weighted by Gasteiger charge is -2.08. The maximum Gasteiger partial charge on any atom is 0.275 e. The Balaban J connectivity index is 1.56. The maximum atomic E-state index is 12.7. The number of aromatic nitrogens is 3. The molecule has 146 valence electrons. The zero-order chi connectivity index (χ0) is 20.4. The second kappa shape index (κ2) is 7.89. The number of anilines is 1. The van der Waals surface area contributed by atoms with E-state index < -0.39 is 0 Å². The SMILES string of the molecule is COc1ccccc1-c1nc(C(=O)Nc2cccc(-n3nc(C)cc3C)c2)cs1. The molecule has 6 nitrogen and oxygen atoms in total. The molecule has 0 fully saturated rings. The molecule has 0 aliphatic carbocycles. The van der Waals surface area contributed by atoms with Gasteiger partial charge >= 0.3 is 0 Å². The number of rotatable bonds is 5. The largest absolute Gasteiger partial charge is 0.496 e. The van der Waals surface area contributed by atoms with Gasteiger partial charge in [-0.3, -0.25) is 4.79 Å². The fourth-order valence-electron chi connectivity index (χ4n) is 3.12. The van der Waals surface area contributed by atoms with Crippen molar-refractivity contribution in [3.05, 3.63) is 77.1 Å². The van der Waals surface area contributed by atoms with E-state index in [-0.39, 0.29) is 5.91 Å². The third-order valence-corrected chi connectivity index (χ3v) is 5.31. The van der Waals surface area contributed by atoms with E-state index in [9.17, 15) is 4.79 Å². The Bertz CT molecular complexity index is 1180. The summed E-state index contributed by atoms with van der Waals surface area (Å²) in [7, 11) is 1.62. The van der Waals surface area contributed by atoms with Crippen LogP contribution in [0.1, 0.15) is 21.9 Å². The van der Waals surface area contributed by atoms with Crippen molar-refractivity contribution in [1.82, 2.24) is 14.8 Å². The molecule has 0 aliphatic rings. The summed E-state index contributed by atoms with van der Waals surface area (Å²) in [5.74, 6) is 0.472. The molecule has 0 atom stereocenters. The van der Waals surface area contributed by atoms with Crippen molar-refractivity contribution in [2.75, 3.05) is 12.4 Å². The Morgan fingerprint density at radius 1 is 1.10 bits per heavy atom. The Kier molecular flexibility index (Phi) is 5.14. The third kappa shape index (κ3) is 3.90. The summed E-state index contributed by atoms with van der Waals surface area (Å²) in [5, 5.41) is 9.91. The van der Waals surface area contributed by atoms with Gasteiger partial charge in [0.05, 0.1) is 24.1 Å². The van der Waals surface area contributed by atoms with Crippen LogP contribution in [0.3, 0.4) is 0 Å². The molecule has 0 bridgehead atoms. The second-order valence-corrected chi connectivity index (χ2v) is 7.44. The van der Waals surface area contributed by atoms with Crippen LogP contribution in [0.15, 0.2) is 60.0 Å². The van der Waals surface area contributed by atoms with E-state index in [4.69, 9.17) is 4.74 Å². The van der Waals surface area contributed by atoms with Gasteiger partial charge in [-0.1, -0.05) is 18.2 Å². The average Bonchev–Trinajstić information content (AvgIpc) is 3.34. The fourth-order valence-corrected chi connectivity index (χ4v) is 3.95. The summed E-state index contributed by atoms with van der Waals surface area (Å²) < 4.78 is 7.24. The summed E-state index contributed by atoms with van der Waals surface area (Å²) in [6, 6.07) is 17.2. The van der Waals surface area contributed by atoms with E-state index in [0.29, 0.717) is 11.4 Å². The van der Waals surface area contributed by atoms with Gasteiger partial charge in [-0.25, -0.2) is 9.67 Å². The number of carbonyl (C=O) groups is 1. The lowest BCUT2D eigenvalue weighted by atomic mass is 10.2. The maximum absolute atomic E-state index is 12.7. The highest BCUT2D eigenvalue weighted by atomic mass is 32.1. The summed E-state index contributed by atoms with van der Waals surface area (Å²) >= 11 is 1.41. The second-order valence-electron chi connectivity index (χ2n) is 6.58. The van der Waals surface area contributed by atoms with Crippen LogP contribution in [0, 0.1) is 13.8 Å². The first kappa shape index (κ1) is 18.9. The molecule has 0 aliphatic heterocycles. The number of hydrogen-bond acceptors (Lipinski definition) is 5. The number of aryl methyl sites for hydroxylation is 2. The van der Waals surface area contributed by atoms with E-state index >= 15 is 0 Å². The molecular weight excluding hydrogens is 384 g/mol. The Labute approximate surface area is 172 Å². The van der Waals surface area contributed by atoms with E-state index in [1.807, 2.05) is 73.1 Å². The summed E-state index contributed by atoms with van der Waals surface area (Å²) in [6.45, 7) is 3.95. The molecule has 0 saturated carbocycles. The number of carbonyl (C=O) groups excluding carboxylic acids is 1. The summed E-state index contributed by atoms with van der Waals surface area (Å²) in [4.78, 5) is 17.2. The third-order valence-electron chi connectivity index (χ3n) is 4.43. The molecule has 2 aromatic heterocycles. The van der Waals surface area contributed by atoms with Crippen LogP contribution in [-0.2, 0) is 0 Å². The van der Waals surface area contributed by atoms with Gasteiger partial charge in [0.2, 0.25) is 0 Å². The number of thiazole rings is 1. The fraction of sp³-hybridized carbons (Fsp3) is 0.136. The van der Waals surface area contributed by atoms with Crippen LogP contribution in [0.4, 0.5) is 5.69 Å². The number of para-hydroxylation sites is 1. The Hall–Kier alpha value is -3.45. The first-order chi connectivity index (χ1) is 14.0. The predicted molar refractivity (Wildman–Crippen MR) is 115 cm³/mol. The number of nitrogens with zero attached hydrogens (tertiary/aromatic N) is 3. The summed E-state index contributed by atoms with van der Waals surface area (Å²) in [6.07, 6.45) is 0. The van der Waals surface area contributed by atoms with Gasteiger partial charge in [-0.05, 0) is 50.2 Å². The lowest BCUT2D eigenvalue weighted by Crippen LogP contribution is -2.12. The zero-order valence-corrected chi connectivity index (χ0v) is 17.2. The molecule has 0 saturated heterocycles. The number of ether oxygens (including phenoxy) is 1. The number of nitrogens with one attached hydrogen (secondary N) is 1. The van der Waals surface area contributed by atoms with Crippen molar-refractivity contribution in [3.63, 3.8) is 0 Å². The molecule has 0 radical (unpaired) electrons. The quantitative estimate of drug-likeness (QED) is 0.515. The average molecular weight is 404 g/mol. The van der Waals surface area contributed by atoms with Crippen molar-refractivity contribution < 1.29 is 9.53 Å². The van der Waals surface area contributed by atoms with Gasteiger partial charge in [0.25, 0.3) is 5.91 Å². The van der Waals surface area contributed by atoms with E-state index in [1.165, 1.54) is 11.3 Å². The van der Waals surface area contributed by atoms with E-state index in [1.54, 1.807) is 12.5 Å². The van der Waals surface area contributed by atoms with Gasteiger partial charge in [0.15, 0.2) is 0 Å². The zero-order valence-electron chi connectivity index (χ0n) is 16.3. The molecule has 0 spiro atoms. The van der Waals surface area contributed by atoms with E-state index in [2.05, 4.69) is 15.4 Å². The first-order valence-electron chi connectivity index (χ1n) is 9.09. The number of hydrogen-bond donors (Lipinski definition) is 1. The van der Waals surface area contributed by atoms with Crippen molar-refractivity contribution in [2.45, 2.75) is 13.8 Å². The summed E-state index contributed by atoms with van der Waals surface area (Å²) in [5.41, 5.74) is 4.79. The highest BCUT2D eigenvalue weighted by molar-refractivity contribution is 7.13. The smallest absolute Gasteiger partial charge is 0.275 e. The van der Waals surface area contributed by atoms with Crippen LogP contribution < -0.4 is 10.1 Å². The predicted octanol–water partition coefficient (Wildman–Crippen LogP) is 4.87. The lowest BCUT2D eigenvalue weighted by molar-refractivity contribution is 0.102. The van der Waals surface area contributed by atoms with Crippen molar-refractivity contribution >= 4 is 22.9 Å². The number of amides is 1. The van der Waals surface area contributed by atoms with Gasteiger partial charge in [-0.2, -0.15) is 5.10 Å². The number of benzene rings is 2. The van der Waals surface area contributed by atoms with Crippen molar-refractivity contribution in [2.24, 2.45) is 0 Å². The van der Waals surface area contributed by atoms with Crippen LogP contribution in [-0.4, -0.2) is 27.8 Å². The molecule has 29 heavy (non-hydrogen) atoms. The molecule has 4 aromatic rings. The van der Waals surface area contributed by atoms with Crippen LogP contribution in [0.2, 0.25) is 0 Å². The normalized spacial score (nSPS) is 10.7. The minimum Gasteiger partial charge on any atom is -0.496 e. The number of methoxy groups -OCH3 is 1. The molecule has 2 aromatic carbocycles. The molecule has 4 rings (SSSR count). The topological polar surface area (TPSA) is 69.0 Å². The van der Waals surface area contributed by atoms with Crippen molar-refractivity contribution in [1.29, 1.82) is 0 Å². The highest BCUT2D eigenvalue weighted by Crippen LogP contribution is 2.32. The Morgan fingerprint density at radius 2 is 1.93 bits per heavy atom. The van der Waals surface area contributed by atoms with Crippen LogP contribution in [0.5, 0.6) is 5.75 Å². The van der Waals surface area contributed by atoms with Crippen LogP contribution >= 0.6 is 11.3 Å². The molecule has 0 unspecified atom stereocenters. The highest BCUT2D eigenvalue weighted by Gasteiger charge is 2.15. The minimum atomic E-state index is -0.257. The van der Waals surface area contributed by atoms with Crippen molar-refractivity contribution in [3.8, 4) is 22.0 Å². The van der Waals surface area contributed by atoms with Gasteiger partial charge in [0.1, 0.15) is 16.5 Å². The Morgan fingerprint density at radius 3 is 2.69 bits per heavy atom. The molecule has 2 heterocycles. The molecule has 1 amide bonds. The molecular formula is C22H20N4O2S. The molecule has 1 N–H and O–H groups in total. The van der Waals surface area contributed by atoms with E-state index in [0.717, 1.165) is 33.4 Å². The minimum absolute atomic E-state index is 0.257. The van der Waals surface area contributed by atoms with Gasteiger partial charge in [-0.15, -0.1) is 11.3 Å². The van der Waals surface area contributed by atoms with Gasteiger partial charge in [0, 0.05) is 16.8 Å². The standard InChI is InChI=1S/C22H20N4O2S/c1-14-11-15(2)26(25-14)17-8-6-7-16(12-17)23-21(27)19-13-29-22(24-19)18-9-4-5-10-20(18)28-3/h4-13H,1-3H3,(H,23,27). The van der Waals surface area contributed by atoms with Gasteiger partial charge < -0.3 is 10.1 Å². The first-order valence-corrected chi connectivity index (χ1v) is 9.97. The monoisotopic (exact) mass is 404 g/mol. The molecule has 7 heteroatoms.